The van der Waals surface area contributed by atoms with Crippen LogP contribution in [-0.4, -0.2) is 21.5 Å². The van der Waals surface area contributed by atoms with E-state index in [1.165, 1.54) is 5.56 Å². The number of aryl methyl sites for hydroxylation is 1. The number of benzene rings is 1. The van der Waals surface area contributed by atoms with Crippen LogP contribution in [0.2, 0.25) is 0 Å². The third-order valence-electron chi connectivity index (χ3n) is 3.49. The number of nitrogens with one attached hydrogen (secondary N) is 1. The third-order valence-corrected chi connectivity index (χ3v) is 3.49. The van der Waals surface area contributed by atoms with Gasteiger partial charge in [-0.2, -0.15) is 0 Å². The molecule has 0 saturated carbocycles. The molecule has 106 valence electrons. The molecule has 0 aliphatic carbocycles. The molecule has 3 aromatic rings. The van der Waals surface area contributed by atoms with Crippen LogP contribution in [0.1, 0.15) is 30.0 Å². The average molecular weight is 278 g/mol. The second-order valence-electron chi connectivity index (χ2n) is 4.94. The molecule has 0 amide bonds. The minimum atomic E-state index is 0.0459. The summed E-state index contributed by atoms with van der Waals surface area (Å²) >= 11 is 0. The zero-order valence-electron chi connectivity index (χ0n) is 12.2. The van der Waals surface area contributed by atoms with Crippen LogP contribution in [0.3, 0.4) is 0 Å². The fraction of sp³-hybridized carbons (Fsp3) is 0.235. The molecule has 21 heavy (non-hydrogen) atoms. The molecule has 1 atom stereocenters. The summed E-state index contributed by atoms with van der Waals surface area (Å²) in [7, 11) is 0. The Morgan fingerprint density at radius 3 is 2.76 bits per heavy atom. The van der Waals surface area contributed by atoms with Crippen molar-refractivity contribution in [2.24, 2.45) is 0 Å². The molecule has 0 spiro atoms. The molecule has 0 fully saturated rings. The van der Waals surface area contributed by atoms with Crippen molar-refractivity contribution < 1.29 is 0 Å². The second kappa shape index (κ2) is 5.97. The van der Waals surface area contributed by atoms with Crippen LogP contribution >= 0.6 is 0 Å². The maximum absolute atomic E-state index is 4.58. The zero-order valence-corrected chi connectivity index (χ0v) is 12.2. The number of pyridine rings is 1. The summed E-state index contributed by atoms with van der Waals surface area (Å²) in [6.45, 7) is 4.88. The van der Waals surface area contributed by atoms with Gasteiger partial charge in [0, 0.05) is 17.8 Å². The lowest BCUT2D eigenvalue weighted by atomic mass is 9.98. The first kappa shape index (κ1) is 13.6. The minimum absolute atomic E-state index is 0.0459. The van der Waals surface area contributed by atoms with E-state index in [1.54, 1.807) is 0 Å². The largest absolute Gasteiger partial charge is 0.305 e. The fourth-order valence-electron chi connectivity index (χ4n) is 2.59. The van der Waals surface area contributed by atoms with Gasteiger partial charge < -0.3 is 5.32 Å². The van der Waals surface area contributed by atoms with Gasteiger partial charge in [-0.15, -0.1) is 0 Å². The van der Waals surface area contributed by atoms with E-state index in [-0.39, 0.29) is 6.04 Å². The molecule has 2 aromatic heterocycles. The summed E-state index contributed by atoms with van der Waals surface area (Å²) in [4.78, 5) is 13.2. The van der Waals surface area contributed by atoms with Crippen molar-refractivity contribution >= 4 is 10.9 Å². The molecule has 0 aliphatic heterocycles. The van der Waals surface area contributed by atoms with Crippen LogP contribution in [0.25, 0.3) is 10.9 Å². The van der Waals surface area contributed by atoms with E-state index in [2.05, 4.69) is 39.3 Å². The Morgan fingerprint density at radius 1 is 1.05 bits per heavy atom. The predicted octanol–water partition coefficient (Wildman–Crippen LogP) is 3.03. The molecule has 2 heterocycles. The molecule has 4 nitrogen and oxygen atoms in total. The smallest absolute Gasteiger partial charge is 0.125 e. The number of rotatable bonds is 4. The van der Waals surface area contributed by atoms with Gasteiger partial charge in [0.05, 0.1) is 17.3 Å². The SMILES string of the molecule is CCNC(c1ccnc(C)n1)c1cccc2ncccc12. The highest BCUT2D eigenvalue weighted by Gasteiger charge is 2.17. The number of aromatic nitrogens is 3. The van der Waals surface area contributed by atoms with Gasteiger partial charge in [0.15, 0.2) is 0 Å². The molecule has 1 unspecified atom stereocenters. The van der Waals surface area contributed by atoms with Gasteiger partial charge in [0.25, 0.3) is 0 Å². The van der Waals surface area contributed by atoms with Gasteiger partial charge in [-0.1, -0.05) is 25.1 Å². The lowest BCUT2D eigenvalue weighted by Crippen LogP contribution is -2.23. The van der Waals surface area contributed by atoms with E-state index in [0.29, 0.717) is 0 Å². The molecule has 3 rings (SSSR count). The third kappa shape index (κ3) is 2.76. The monoisotopic (exact) mass is 278 g/mol. The van der Waals surface area contributed by atoms with Crippen LogP contribution in [0.5, 0.6) is 0 Å². The van der Waals surface area contributed by atoms with Crippen molar-refractivity contribution in [2.75, 3.05) is 6.54 Å². The molecular weight excluding hydrogens is 260 g/mol. The first-order valence-corrected chi connectivity index (χ1v) is 7.16. The first-order valence-electron chi connectivity index (χ1n) is 7.16. The Bertz CT molecular complexity index is 749. The number of fused-ring (bicyclic) bond motifs is 1. The Hall–Kier alpha value is -2.33. The molecule has 0 radical (unpaired) electrons. The quantitative estimate of drug-likeness (QED) is 0.797. The van der Waals surface area contributed by atoms with E-state index in [9.17, 15) is 0 Å². The lowest BCUT2D eigenvalue weighted by Gasteiger charge is -2.19. The molecule has 4 heteroatoms. The lowest BCUT2D eigenvalue weighted by molar-refractivity contribution is 0.615. The van der Waals surface area contributed by atoms with E-state index in [4.69, 9.17) is 0 Å². The summed E-state index contributed by atoms with van der Waals surface area (Å²) in [6, 6.07) is 12.3. The predicted molar refractivity (Wildman–Crippen MR) is 84.0 cm³/mol. The number of nitrogens with zero attached hydrogens (tertiary/aromatic N) is 3. The highest BCUT2D eigenvalue weighted by Crippen LogP contribution is 2.27. The molecular formula is C17H18N4. The highest BCUT2D eigenvalue weighted by atomic mass is 15.0. The van der Waals surface area contributed by atoms with Crippen molar-refractivity contribution in [2.45, 2.75) is 19.9 Å². The van der Waals surface area contributed by atoms with Crippen LogP contribution in [0.15, 0.2) is 48.8 Å². The van der Waals surface area contributed by atoms with Crippen LogP contribution in [0.4, 0.5) is 0 Å². The van der Waals surface area contributed by atoms with Gasteiger partial charge in [0.1, 0.15) is 5.82 Å². The molecule has 0 aliphatic rings. The van der Waals surface area contributed by atoms with Gasteiger partial charge in [-0.3, -0.25) is 4.98 Å². The minimum Gasteiger partial charge on any atom is -0.305 e. The summed E-state index contributed by atoms with van der Waals surface area (Å²) in [5, 5.41) is 4.67. The van der Waals surface area contributed by atoms with Crippen molar-refractivity contribution in [1.29, 1.82) is 0 Å². The topological polar surface area (TPSA) is 50.7 Å². The van der Waals surface area contributed by atoms with E-state index >= 15 is 0 Å². The summed E-state index contributed by atoms with van der Waals surface area (Å²) in [5.41, 5.74) is 3.19. The van der Waals surface area contributed by atoms with Crippen molar-refractivity contribution in [3.63, 3.8) is 0 Å². The van der Waals surface area contributed by atoms with Gasteiger partial charge in [-0.25, -0.2) is 9.97 Å². The number of hydrogen-bond acceptors (Lipinski definition) is 4. The summed E-state index contributed by atoms with van der Waals surface area (Å²) in [6.07, 6.45) is 3.63. The van der Waals surface area contributed by atoms with Gasteiger partial charge >= 0.3 is 0 Å². The Labute approximate surface area is 124 Å². The number of hydrogen-bond donors (Lipinski definition) is 1. The van der Waals surface area contributed by atoms with E-state index in [1.807, 2.05) is 43.6 Å². The Morgan fingerprint density at radius 2 is 1.95 bits per heavy atom. The standard InChI is InChI=1S/C17H18N4/c1-3-18-17(16-9-11-19-12(2)21-16)14-6-4-8-15-13(14)7-5-10-20-15/h4-11,17-18H,3H2,1-2H3. The molecule has 1 N–H and O–H groups in total. The maximum Gasteiger partial charge on any atom is 0.125 e. The van der Waals surface area contributed by atoms with Crippen molar-refractivity contribution in [3.05, 3.63) is 65.9 Å². The fourth-order valence-corrected chi connectivity index (χ4v) is 2.59. The Kier molecular flexibility index (Phi) is 3.88. The first-order chi connectivity index (χ1) is 10.3. The molecule has 0 saturated heterocycles. The summed E-state index contributed by atoms with van der Waals surface area (Å²) < 4.78 is 0. The zero-order chi connectivity index (χ0) is 14.7. The van der Waals surface area contributed by atoms with Gasteiger partial charge in [0.2, 0.25) is 0 Å². The van der Waals surface area contributed by atoms with Crippen LogP contribution < -0.4 is 5.32 Å². The normalized spacial score (nSPS) is 12.5. The molecule has 1 aromatic carbocycles. The molecule has 0 bridgehead atoms. The average Bonchev–Trinajstić information content (AvgIpc) is 2.52. The second-order valence-corrected chi connectivity index (χ2v) is 4.94. The maximum atomic E-state index is 4.58. The Balaban J connectivity index is 2.16. The van der Waals surface area contributed by atoms with Crippen LogP contribution in [0, 0.1) is 6.92 Å². The summed E-state index contributed by atoms with van der Waals surface area (Å²) in [5.74, 6) is 0.786. The van der Waals surface area contributed by atoms with E-state index in [0.717, 1.165) is 29.0 Å². The van der Waals surface area contributed by atoms with Gasteiger partial charge in [-0.05, 0) is 37.2 Å². The van der Waals surface area contributed by atoms with Crippen LogP contribution in [-0.2, 0) is 0 Å². The highest BCUT2D eigenvalue weighted by molar-refractivity contribution is 5.82. The van der Waals surface area contributed by atoms with Crippen molar-refractivity contribution in [3.8, 4) is 0 Å². The van der Waals surface area contributed by atoms with Crippen molar-refractivity contribution in [1.82, 2.24) is 20.3 Å². The van der Waals surface area contributed by atoms with E-state index < -0.39 is 0 Å².